The summed E-state index contributed by atoms with van der Waals surface area (Å²) in [6.07, 6.45) is 4.69. The molecule has 2 aromatic rings. The molecule has 24 heavy (non-hydrogen) atoms. The zero-order valence-corrected chi connectivity index (χ0v) is 13.6. The second-order valence-electron chi connectivity index (χ2n) is 6.33. The number of amides is 1. The normalized spacial score (nSPS) is 20.9. The van der Waals surface area contributed by atoms with E-state index in [1.807, 2.05) is 0 Å². The van der Waals surface area contributed by atoms with Gasteiger partial charge in [0.25, 0.3) is 0 Å². The van der Waals surface area contributed by atoms with E-state index >= 15 is 0 Å². The van der Waals surface area contributed by atoms with Gasteiger partial charge < -0.3 is 19.6 Å². The second-order valence-corrected chi connectivity index (χ2v) is 6.33. The summed E-state index contributed by atoms with van der Waals surface area (Å²) in [6, 6.07) is 6.44. The van der Waals surface area contributed by atoms with E-state index in [2.05, 4.69) is 12.2 Å². The van der Waals surface area contributed by atoms with Crippen molar-refractivity contribution in [3.63, 3.8) is 0 Å². The Bertz CT molecular complexity index is 751. The van der Waals surface area contributed by atoms with Crippen LogP contribution in [0.1, 0.15) is 43.2 Å². The highest BCUT2D eigenvalue weighted by Gasteiger charge is 2.22. The molecule has 1 aromatic heterocycles. The lowest BCUT2D eigenvalue weighted by Crippen LogP contribution is -2.29. The van der Waals surface area contributed by atoms with Crippen LogP contribution in [0.4, 0.5) is 5.69 Å². The van der Waals surface area contributed by atoms with E-state index in [9.17, 15) is 9.59 Å². The number of carboxylic acids is 1. The van der Waals surface area contributed by atoms with Gasteiger partial charge in [0, 0.05) is 11.1 Å². The van der Waals surface area contributed by atoms with Gasteiger partial charge in [-0.15, -0.1) is 0 Å². The van der Waals surface area contributed by atoms with Gasteiger partial charge in [0.1, 0.15) is 12.2 Å². The van der Waals surface area contributed by atoms with Crippen molar-refractivity contribution in [2.75, 3.05) is 11.9 Å². The lowest BCUT2D eigenvalue weighted by Gasteiger charge is -2.28. The number of fused-ring (bicyclic) bond motifs is 1. The van der Waals surface area contributed by atoms with Crippen molar-refractivity contribution in [2.24, 2.45) is 5.92 Å². The molecule has 0 bridgehead atoms. The smallest absolute Gasteiger partial charge is 0.371 e. The zero-order chi connectivity index (χ0) is 17.1. The number of aromatic carboxylic acids is 1. The van der Waals surface area contributed by atoms with Crippen molar-refractivity contribution < 1.29 is 23.8 Å². The highest BCUT2D eigenvalue weighted by atomic mass is 16.5. The van der Waals surface area contributed by atoms with E-state index in [1.54, 1.807) is 18.2 Å². The molecule has 0 spiro atoms. The first-order chi connectivity index (χ1) is 11.5. The molecule has 128 valence electrons. The predicted molar refractivity (Wildman–Crippen MR) is 89.2 cm³/mol. The number of carboxylic acid groups (broad SMARTS) is 1. The summed E-state index contributed by atoms with van der Waals surface area (Å²) in [5.74, 6) is -0.966. The molecule has 1 fully saturated rings. The molecule has 1 saturated carbocycles. The number of nitrogens with one attached hydrogen (secondary N) is 1. The van der Waals surface area contributed by atoms with Crippen LogP contribution < -0.4 is 5.32 Å². The fourth-order valence-corrected chi connectivity index (χ4v) is 3.14. The van der Waals surface area contributed by atoms with Crippen LogP contribution in [0, 0.1) is 5.92 Å². The standard InChI is InChI=1S/C18H21NO5/c1-11-4-2-3-5-14(11)23-10-17(20)19-13-6-7-15-12(8-13)9-16(24-15)18(21)22/h6-9,11,14H,2-5,10H2,1H3,(H,19,20)(H,21,22). The first-order valence-electron chi connectivity index (χ1n) is 8.21. The average Bonchev–Trinajstić information content (AvgIpc) is 2.98. The molecule has 3 rings (SSSR count). The van der Waals surface area contributed by atoms with Crippen LogP contribution in [0.2, 0.25) is 0 Å². The molecule has 1 heterocycles. The first kappa shape index (κ1) is 16.5. The number of rotatable bonds is 5. The number of hydrogen-bond donors (Lipinski definition) is 2. The largest absolute Gasteiger partial charge is 0.475 e. The number of ether oxygens (including phenoxy) is 1. The zero-order valence-electron chi connectivity index (χ0n) is 13.6. The highest BCUT2D eigenvalue weighted by molar-refractivity contribution is 5.96. The molecule has 2 atom stereocenters. The number of hydrogen-bond acceptors (Lipinski definition) is 4. The molecule has 0 saturated heterocycles. The summed E-state index contributed by atoms with van der Waals surface area (Å²) >= 11 is 0. The van der Waals surface area contributed by atoms with Gasteiger partial charge >= 0.3 is 5.97 Å². The van der Waals surface area contributed by atoms with Gasteiger partial charge in [0.05, 0.1) is 6.10 Å². The molecular formula is C18H21NO5. The van der Waals surface area contributed by atoms with Gasteiger partial charge in [-0.25, -0.2) is 4.79 Å². The van der Waals surface area contributed by atoms with Gasteiger partial charge in [0.2, 0.25) is 11.7 Å². The van der Waals surface area contributed by atoms with Gasteiger partial charge in [0.15, 0.2) is 0 Å². The Morgan fingerprint density at radius 1 is 1.29 bits per heavy atom. The Balaban J connectivity index is 1.59. The number of anilines is 1. The SMILES string of the molecule is CC1CCCCC1OCC(=O)Nc1ccc2oc(C(=O)O)cc2c1. The third-order valence-electron chi connectivity index (χ3n) is 4.47. The third-order valence-corrected chi connectivity index (χ3v) is 4.47. The molecule has 6 nitrogen and oxygen atoms in total. The quantitative estimate of drug-likeness (QED) is 0.872. The molecule has 1 aliphatic rings. The maximum absolute atomic E-state index is 12.1. The minimum Gasteiger partial charge on any atom is -0.475 e. The topological polar surface area (TPSA) is 88.8 Å². The molecule has 6 heteroatoms. The minimum absolute atomic E-state index is 0.0266. The molecule has 1 amide bonds. The summed E-state index contributed by atoms with van der Waals surface area (Å²) in [7, 11) is 0. The fraction of sp³-hybridized carbons (Fsp3) is 0.444. The van der Waals surface area contributed by atoms with E-state index < -0.39 is 5.97 Å². The maximum atomic E-state index is 12.1. The lowest BCUT2D eigenvalue weighted by molar-refractivity contribution is -0.124. The minimum atomic E-state index is -1.12. The molecule has 0 radical (unpaired) electrons. The molecule has 2 unspecified atom stereocenters. The van der Waals surface area contributed by atoms with E-state index in [0.29, 0.717) is 22.6 Å². The predicted octanol–water partition coefficient (Wildman–Crippen LogP) is 3.66. The van der Waals surface area contributed by atoms with Crippen LogP contribution in [0.5, 0.6) is 0 Å². The van der Waals surface area contributed by atoms with E-state index in [-0.39, 0.29) is 24.4 Å². The molecular weight excluding hydrogens is 310 g/mol. The highest BCUT2D eigenvalue weighted by Crippen LogP contribution is 2.26. The average molecular weight is 331 g/mol. The van der Waals surface area contributed by atoms with Crippen molar-refractivity contribution in [1.29, 1.82) is 0 Å². The number of furan rings is 1. The van der Waals surface area contributed by atoms with Gasteiger partial charge in [-0.3, -0.25) is 4.79 Å². The van der Waals surface area contributed by atoms with Crippen molar-refractivity contribution >= 4 is 28.5 Å². The summed E-state index contributed by atoms with van der Waals surface area (Å²) < 4.78 is 10.9. The van der Waals surface area contributed by atoms with Crippen LogP contribution in [-0.4, -0.2) is 29.7 Å². The number of benzene rings is 1. The summed E-state index contributed by atoms with van der Waals surface area (Å²) in [6.45, 7) is 2.19. The van der Waals surface area contributed by atoms with Gasteiger partial charge in [-0.05, 0) is 43.0 Å². The number of carbonyl (C=O) groups is 2. The maximum Gasteiger partial charge on any atom is 0.371 e. The number of carbonyl (C=O) groups excluding carboxylic acids is 1. The lowest BCUT2D eigenvalue weighted by atomic mass is 9.88. The Hall–Kier alpha value is -2.34. The van der Waals surface area contributed by atoms with Gasteiger partial charge in [-0.2, -0.15) is 0 Å². The van der Waals surface area contributed by atoms with E-state index in [1.165, 1.54) is 12.5 Å². The van der Waals surface area contributed by atoms with Crippen molar-refractivity contribution in [3.8, 4) is 0 Å². The van der Waals surface area contributed by atoms with Crippen LogP contribution in [0.15, 0.2) is 28.7 Å². The van der Waals surface area contributed by atoms with Crippen molar-refractivity contribution in [2.45, 2.75) is 38.7 Å². The van der Waals surface area contributed by atoms with Crippen molar-refractivity contribution in [1.82, 2.24) is 0 Å². The Labute approximate surface area is 139 Å². The summed E-state index contributed by atoms with van der Waals surface area (Å²) in [5.41, 5.74) is 1.06. The monoisotopic (exact) mass is 331 g/mol. The van der Waals surface area contributed by atoms with E-state index in [0.717, 1.165) is 19.3 Å². The Kier molecular flexibility index (Phi) is 4.85. The fourth-order valence-electron chi connectivity index (χ4n) is 3.14. The summed E-state index contributed by atoms with van der Waals surface area (Å²) in [4.78, 5) is 23.0. The van der Waals surface area contributed by atoms with E-state index in [4.69, 9.17) is 14.3 Å². The second kappa shape index (κ2) is 7.05. The van der Waals surface area contributed by atoms with Crippen LogP contribution in [-0.2, 0) is 9.53 Å². The molecule has 0 aliphatic heterocycles. The summed E-state index contributed by atoms with van der Waals surface area (Å²) in [5, 5.41) is 12.3. The van der Waals surface area contributed by atoms with Crippen LogP contribution in [0.25, 0.3) is 11.0 Å². The Morgan fingerprint density at radius 2 is 2.08 bits per heavy atom. The first-order valence-corrected chi connectivity index (χ1v) is 8.21. The van der Waals surface area contributed by atoms with Gasteiger partial charge in [-0.1, -0.05) is 19.8 Å². The molecule has 1 aliphatic carbocycles. The Morgan fingerprint density at radius 3 is 2.83 bits per heavy atom. The molecule has 1 aromatic carbocycles. The van der Waals surface area contributed by atoms with Crippen LogP contribution >= 0.6 is 0 Å². The van der Waals surface area contributed by atoms with Crippen LogP contribution in [0.3, 0.4) is 0 Å². The third kappa shape index (κ3) is 3.76. The van der Waals surface area contributed by atoms with Crippen molar-refractivity contribution in [3.05, 3.63) is 30.0 Å². The molecule has 2 N–H and O–H groups in total.